The molecule has 0 amide bonds. The Balaban J connectivity index is 1.56. The fourth-order valence-electron chi connectivity index (χ4n) is 2.54. The Hall–Kier alpha value is -2.87. The van der Waals surface area contributed by atoms with E-state index in [0.29, 0.717) is 12.5 Å². The van der Waals surface area contributed by atoms with Gasteiger partial charge in [-0.1, -0.05) is 73.7 Å². The number of halogens is 1. The predicted molar refractivity (Wildman–Crippen MR) is 102 cm³/mol. The minimum Gasteiger partial charge on any atom is -0.493 e. The summed E-state index contributed by atoms with van der Waals surface area (Å²) in [6.07, 6.45) is 3.97. The zero-order valence-electron chi connectivity index (χ0n) is 14.2. The van der Waals surface area contributed by atoms with Gasteiger partial charge < -0.3 is 4.74 Å². The minimum absolute atomic E-state index is 0.219. The number of rotatable bonds is 6. The molecule has 3 rings (SSSR count). The van der Waals surface area contributed by atoms with Gasteiger partial charge in [0.2, 0.25) is 0 Å². The third-order valence-electron chi connectivity index (χ3n) is 4.09. The average molecular weight is 332 g/mol. The highest BCUT2D eigenvalue weighted by atomic mass is 19.1. The fourth-order valence-corrected chi connectivity index (χ4v) is 2.54. The van der Waals surface area contributed by atoms with E-state index in [-0.39, 0.29) is 5.82 Å². The van der Waals surface area contributed by atoms with Crippen molar-refractivity contribution in [1.29, 1.82) is 0 Å². The lowest BCUT2D eigenvalue weighted by atomic mass is 10.0. The summed E-state index contributed by atoms with van der Waals surface area (Å²) in [5.74, 6) is 0.990. The van der Waals surface area contributed by atoms with Crippen molar-refractivity contribution in [2.75, 3.05) is 6.61 Å². The van der Waals surface area contributed by atoms with Crippen molar-refractivity contribution in [3.63, 3.8) is 0 Å². The number of benzene rings is 3. The molecule has 0 fully saturated rings. The highest BCUT2D eigenvalue weighted by molar-refractivity contribution is 5.69. The predicted octanol–water partition coefficient (Wildman–Crippen LogP) is 6.18. The van der Waals surface area contributed by atoms with E-state index in [0.717, 1.165) is 16.9 Å². The first-order valence-corrected chi connectivity index (χ1v) is 8.42. The van der Waals surface area contributed by atoms with Crippen molar-refractivity contribution in [3.8, 4) is 5.75 Å². The molecule has 1 nitrogen and oxygen atoms in total. The molecule has 0 saturated carbocycles. The molecular weight excluding hydrogens is 311 g/mol. The lowest BCUT2D eigenvalue weighted by Crippen LogP contribution is -2.06. The molecule has 0 aliphatic heterocycles. The molecule has 2 heteroatoms. The Morgan fingerprint density at radius 1 is 0.800 bits per heavy atom. The monoisotopic (exact) mass is 332 g/mol. The van der Waals surface area contributed by atoms with Gasteiger partial charge in [-0.2, -0.15) is 0 Å². The summed E-state index contributed by atoms with van der Waals surface area (Å²) in [7, 11) is 0. The van der Waals surface area contributed by atoms with Gasteiger partial charge in [-0.15, -0.1) is 0 Å². The number of hydrogen-bond acceptors (Lipinski definition) is 1. The molecule has 0 saturated heterocycles. The molecule has 1 atom stereocenters. The summed E-state index contributed by atoms with van der Waals surface area (Å²) in [6.45, 7) is 2.81. The van der Waals surface area contributed by atoms with Gasteiger partial charge in [0.1, 0.15) is 11.6 Å². The molecule has 3 aromatic carbocycles. The van der Waals surface area contributed by atoms with E-state index in [1.165, 1.54) is 17.7 Å². The molecule has 0 aromatic heterocycles. The van der Waals surface area contributed by atoms with E-state index >= 15 is 0 Å². The maximum absolute atomic E-state index is 12.9. The van der Waals surface area contributed by atoms with Crippen molar-refractivity contribution in [2.45, 2.75) is 12.8 Å². The molecule has 0 aliphatic rings. The van der Waals surface area contributed by atoms with Crippen molar-refractivity contribution in [3.05, 3.63) is 101 Å². The molecule has 126 valence electrons. The molecule has 0 aliphatic carbocycles. The first kappa shape index (κ1) is 17.0. The van der Waals surface area contributed by atoms with Crippen LogP contribution in [0.1, 0.15) is 29.5 Å². The van der Waals surface area contributed by atoms with Crippen molar-refractivity contribution in [1.82, 2.24) is 0 Å². The second-order valence-corrected chi connectivity index (χ2v) is 6.08. The van der Waals surface area contributed by atoms with Crippen LogP contribution in [0.2, 0.25) is 0 Å². The largest absolute Gasteiger partial charge is 0.493 e. The van der Waals surface area contributed by atoms with E-state index < -0.39 is 0 Å². The van der Waals surface area contributed by atoms with Gasteiger partial charge >= 0.3 is 0 Å². The van der Waals surface area contributed by atoms with Crippen molar-refractivity contribution < 1.29 is 9.13 Å². The van der Waals surface area contributed by atoms with Crippen molar-refractivity contribution >= 4 is 12.2 Å². The zero-order valence-corrected chi connectivity index (χ0v) is 14.2. The van der Waals surface area contributed by atoms with Crippen LogP contribution in [0.3, 0.4) is 0 Å². The van der Waals surface area contributed by atoms with Gasteiger partial charge in [-0.3, -0.25) is 0 Å². The van der Waals surface area contributed by atoms with E-state index in [9.17, 15) is 4.39 Å². The van der Waals surface area contributed by atoms with Gasteiger partial charge in [-0.05, 0) is 41.0 Å². The standard InChI is InChI=1S/C23H21FO/c1-18(21-5-3-2-4-6-21)17-25-23-15-11-20(12-16-23)8-7-19-9-13-22(24)14-10-19/h2-16,18H,17H2,1H3/t18-/m1/s1. The molecular formula is C23H21FO. The maximum atomic E-state index is 12.9. The maximum Gasteiger partial charge on any atom is 0.123 e. The number of hydrogen-bond donors (Lipinski definition) is 0. The highest BCUT2D eigenvalue weighted by Gasteiger charge is 2.05. The zero-order chi connectivity index (χ0) is 17.5. The Morgan fingerprint density at radius 3 is 1.96 bits per heavy atom. The van der Waals surface area contributed by atoms with Crippen LogP contribution in [0.15, 0.2) is 78.9 Å². The molecule has 25 heavy (non-hydrogen) atoms. The Bertz CT molecular complexity index is 805. The molecule has 3 aromatic rings. The van der Waals surface area contributed by atoms with Gasteiger partial charge in [0.15, 0.2) is 0 Å². The van der Waals surface area contributed by atoms with Gasteiger partial charge in [-0.25, -0.2) is 4.39 Å². The van der Waals surface area contributed by atoms with E-state index in [1.807, 2.05) is 54.6 Å². The molecule has 0 spiro atoms. The van der Waals surface area contributed by atoms with Gasteiger partial charge in [0, 0.05) is 5.92 Å². The normalized spacial score (nSPS) is 12.2. The topological polar surface area (TPSA) is 9.23 Å². The minimum atomic E-state index is -0.219. The van der Waals surface area contributed by atoms with Crippen LogP contribution in [-0.2, 0) is 0 Å². The van der Waals surface area contributed by atoms with Crippen molar-refractivity contribution in [2.24, 2.45) is 0 Å². The third kappa shape index (κ3) is 5.05. The second-order valence-electron chi connectivity index (χ2n) is 6.08. The van der Waals surface area contributed by atoms with Crippen LogP contribution in [0.4, 0.5) is 4.39 Å². The summed E-state index contributed by atoms with van der Waals surface area (Å²) in [6, 6.07) is 24.8. The third-order valence-corrected chi connectivity index (χ3v) is 4.09. The average Bonchev–Trinajstić information content (AvgIpc) is 2.67. The van der Waals surface area contributed by atoms with Crippen LogP contribution in [0.5, 0.6) is 5.75 Å². The van der Waals surface area contributed by atoms with Crippen LogP contribution in [0, 0.1) is 5.82 Å². The van der Waals surface area contributed by atoms with E-state index in [1.54, 1.807) is 12.1 Å². The Morgan fingerprint density at radius 2 is 1.36 bits per heavy atom. The van der Waals surface area contributed by atoms with E-state index in [2.05, 4.69) is 19.1 Å². The second kappa shape index (κ2) is 8.29. The van der Waals surface area contributed by atoms with Crippen LogP contribution >= 0.6 is 0 Å². The van der Waals surface area contributed by atoms with Gasteiger partial charge in [0.05, 0.1) is 6.61 Å². The summed E-state index contributed by atoms with van der Waals surface area (Å²) in [4.78, 5) is 0. The molecule has 0 heterocycles. The molecule has 0 N–H and O–H groups in total. The van der Waals surface area contributed by atoms with Gasteiger partial charge in [0.25, 0.3) is 0 Å². The van der Waals surface area contributed by atoms with Crippen LogP contribution in [-0.4, -0.2) is 6.61 Å². The summed E-state index contributed by atoms with van der Waals surface area (Å²) < 4.78 is 18.8. The SMILES string of the molecule is C[C@H](COc1ccc(C=Cc2ccc(F)cc2)cc1)c1ccccc1. The summed E-state index contributed by atoms with van der Waals surface area (Å²) >= 11 is 0. The Labute approximate surface area is 148 Å². The molecule has 0 radical (unpaired) electrons. The quantitative estimate of drug-likeness (QED) is 0.490. The fraction of sp³-hybridized carbons (Fsp3) is 0.130. The van der Waals surface area contributed by atoms with E-state index in [4.69, 9.17) is 4.74 Å². The lowest BCUT2D eigenvalue weighted by Gasteiger charge is -2.13. The Kier molecular flexibility index (Phi) is 5.63. The first-order chi connectivity index (χ1) is 12.2. The molecule has 0 unspecified atom stereocenters. The smallest absolute Gasteiger partial charge is 0.123 e. The summed E-state index contributed by atoms with van der Waals surface area (Å²) in [5, 5.41) is 0. The number of ether oxygens (including phenoxy) is 1. The van der Waals surface area contributed by atoms with Crippen LogP contribution < -0.4 is 4.74 Å². The summed E-state index contributed by atoms with van der Waals surface area (Å²) in [5.41, 5.74) is 3.33. The highest BCUT2D eigenvalue weighted by Crippen LogP contribution is 2.19. The first-order valence-electron chi connectivity index (χ1n) is 8.42. The lowest BCUT2D eigenvalue weighted by molar-refractivity contribution is 0.296. The van der Waals surface area contributed by atoms with Crippen LogP contribution in [0.25, 0.3) is 12.2 Å². The molecule has 0 bridgehead atoms.